The number of allylic oxidation sites excluding steroid dienone is 1. The predicted molar refractivity (Wildman–Crippen MR) is 122 cm³/mol. The van der Waals surface area contributed by atoms with Crippen LogP contribution in [-0.4, -0.2) is 28.7 Å². The first-order valence-electron chi connectivity index (χ1n) is 10.3. The maximum absolute atomic E-state index is 6.73. The van der Waals surface area contributed by atoms with Gasteiger partial charge >= 0.3 is 0 Å². The molecule has 3 unspecified atom stereocenters. The quantitative estimate of drug-likeness (QED) is 0.584. The van der Waals surface area contributed by atoms with Gasteiger partial charge in [-0.15, -0.1) is 11.3 Å². The zero-order valence-electron chi connectivity index (χ0n) is 16.4. The second-order valence-electron chi connectivity index (χ2n) is 7.95. The summed E-state index contributed by atoms with van der Waals surface area (Å²) in [6.07, 6.45) is 10.7. The molecule has 1 aliphatic carbocycles. The van der Waals surface area contributed by atoms with Crippen LogP contribution in [0.15, 0.2) is 48.8 Å². The van der Waals surface area contributed by atoms with Crippen molar-refractivity contribution in [2.24, 2.45) is 0 Å². The van der Waals surface area contributed by atoms with Crippen LogP contribution < -0.4 is 21.1 Å². The standard InChI is InChI=1S/C22H23ClN6S/c23-16-8-3-1-6-14(16)20-19-15-7-2-4-9-18(15)30-22(19)29-13-24-27-21(29)17(26-20)12-28-11-5-10-25-28/h1,3-6,8-11,17,20-21,24,26-27H,2,7,12-13H2. The Morgan fingerprint density at radius 1 is 1.23 bits per heavy atom. The lowest BCUT2D eigenvalue weighted by atomic mass is 9.91. The summed E-state index contributed by atoms with van der Waals surface area (Å²) in [5, 5.41) is 10.6. The summed E-state index contributed by atoms with van der Waals surface area (Å²) in [5.74, 6) is 0. The molecule has 0 radical (unpaired) electrons. The molecule has 1 fully saturated rings. The molecule has 0 bridgehead atoms. The van der Waals surface area contributed by atoms with Gasteiger partial charge in [-0.05, 0) is 42.2 Å². The topological polar surface area (TPSA) is 57.2 Å². The number of thiophene rings is 1. The van der Waals surface area contributed by atoms with Crippen LogP contribution in [0.1, 0.15) is 34.0 Å². The molecule has 154 valence electrons. The third kappa shape index (κ3) is 3.01. The van der Waals surface area contributed by atoms with E-state index in [1.165, 1.54) is 21.0 Å². The van der Waals surface area contributed by atoms with Crippen molar-refractivity contribution in [3.05, 3.63) is 75.4 Å². The van der Waals surface area contributed by atoms with E-state index in [4.69, 9.17) is 11.6 Å². The first kappa shape index (κ1) is 18.6. The molecule has 6 nitrogen and oxygen atoms in total. The van der Waals surface area contributed by atoms with Gasteiger partial charge in [0.15, 0.2) is 0 Å². The van der Waals surface area contributed by atoms with Crippen LogP contribution in [0.3, 0.4) is 0 Å². The zero-order valence-corrected chi connectivity index (χ0v) is 18.0. The third-order valence-corrected chi connectivity index (χ3v) is 7.79. The van der Waals surface area contributed by atoms with E-state index in [0.29, 0.717) is 0 Å². The Bertz CT molecular complexity index is 1090. The van der Waals surface area contributed by atoms with Crippen LogP contribution in [0.4, 0.5) is 5.00 Å². The van der Waals surface area contributed by atoms with Gasteiger partial charge in [0, 0.05) is 27.9 Å². The molecule has 2 aromatic heterocycles. The van der Waals surface area contributed by atoms with Crippen molar-refractivity contribution < 1.29 is 0 Å². The monoisotopic (exact) mass is 438 g/mol. The van der Waals surface area contributed by atoms with Gasteiger partial charge in [-0.25, -0.2) is 10.9 Å². The number of halogens is 1. The number of nitrogens with zero attached hydrogens (tertiary/aromatic N) is 3. The van der Waals surface area contributed by atoms with Crippen molar-refractivity contribution in [2.45, 2.75) is 37.6 Å². The minimum atomic E-state index is 0.0353. The maximum Gasteiger partial charge on any atom is 0.111 e. The molecule has 30 heavy (non-hydrogen) atoms. The van der Waals surface area contributed by atoms with Crippen molar-refractivity contribution in [1.29, 1.82) is 0 Å². The lowest BCUT2D eigenvalue weighted by Crippen LogP contribution is -2.54. The van der Waals surface area contributed by atoms with Gasteiger partial charge in [0.1, 0.15) is 6.17 Å². The summed E-state index contributed by atoms with van der Waals surface area (Å²) in [5.41, 5.74) is 10.8. The Balaban J connectivity index is 1.52. The fraction of sp³-hybridized carbons (Fsp3) is 0.318. The first-order chi connectivity index (χ1) is 14.8. The average Bonchev–Trinajstić information content (AvgIpc) is 3.50. The number of rotatable bonds is 3. The Labute approximate surface area is 184 Å². The Morgan fingerprint density at radius 2 is 2.17 bits per heavy atom. The van der Waals surface area contributed by atoms with E-state index < -0.39 is 0 Å². The van der Waals surface area contributed by atoms with Crippen LogP contribution in [0.25, 0.3) is 6.08 Å². The summed E-state index contributed by atoms with van der Waals surface area (Å²) >= 11 is 8.62. The van der Waals surface area contributed by atoms with Gasteiger partial charge in [0.2, 0.25) is 0 Å². The lowest BCUT2D eigenvalue weighted by molar-refractivity contribution is 0.331. The van der Waals surface area contributed by atoms with E-state index in [1.807, 2.05) is 46.6 Å². The minimum absolute atomic E-state index is 0.0353. The van der Waals surface area contributed by atoms with E-state index in [1.54, 1.807) is 0 Å². The van der Waals surface area contributed by atoms with Crippen molar-refractivity contribution in [1.82, 2.24) is 25.9 Å². The smallest absolute Gasteiger partial charge is 0.111 e. The number of fused-ring (bicyclic) bond motifs is 5. The van der Waals surface area contributed by atoms with E-state index in [-0.39, 0.29) is 18.2 Å². The maximum atomic E-state index is 6.73. The molecular formula is C22H23ClN6S. The number of hydrazine groups is 1. The SMILES string of the molecule is Clc1ccccc1C1NC(Cn2cccn2)C2NNCN2c2sc3c(c21)CCC=C3. The number of aromatic nitrogens is 2. The van der Waals surface area contributed by atoms with Crippen molar-refractivity contribution in [3.8, 4) is 0 Å². The highest BCUT2D eigenvalue weighted by atomic mass is 35.5. The second kappa shape index (κ2) is 7.51. The van der Waals surface area contributed by atoms with Crippen LogP contribution >= 0.6 is 22.9 Å². The van der Waals surface area contributed by atoms with Crippen LogP contribution in [0.5, 0.6) is 0 Å². The molecule has 3 N–H and O–H groups in total. The molecule has 0 spiro atoms. The zero-order chi connectivity index (χ0) is 20.1. The largest absolute Gasteiger partial charge is 0.331 e. The van der Waals surface area contributed by atoms with Gasteiger partial charge in [-0.3, -0.25) is 10.00 Å². The Kier molecular flexibility index (Phi) is 4.66. The number of anilines is 1. The summed E-state index contributed by atoms with van der Waals surface area (Å²) in [6, 6.07) is 10.4. The molecule has 4 heterocycles. The summed E-state index contributed by atoms with van der Waals surface area (Å²) < 4.78 is 2.00. The van der Waals surface area contributed by atoms with Gasteiger partial charge in [0.05, 0.1) is 30.3 Å². The van der Waals surface area contributed by atoms with E-state index >= 15 is 0 Å². The van der Waals surface area contributed by atoms with Crippen molar-refractivity contribution >= 4 is 34.0 Å². The van der Waals surface area contributed by atoms with E-state index in [9.17, 15) is 0 Å². The molecule has 3 atom stereocenters. The molecule has 6 rings (SSSR count). The van der Waals surface area contributed by atoms with Crippen molar-refractivity contribution in [3.63, 3.8) is 0 Å². The normalized spacial score (nSPS) is 25.0. The molecular weight excluding hydrogens is 416 g/mol. The highest BCUT2D eigenvalue weighted by Gasteiger charge is 2.42. The molecule has 2 aliphatic heterocycles. The second-order valence-corrected chi connectivity index (χ2v) is 9.39. The van der Waals surface area contributed by atoms with Crippen molar-refractivity contribution in [2.75, 3.05) is 11.6 Å². The van der Waals surface area contributed by atoms with Gasteiger partial charge in [-0.2, -0.15) is 5.10 Å². The summed E-state index contributed by atoms with van der Waals surface area (Å²) in [6.45, 7) is 1.54. The number of hydrogen-bond acceptors (Lipinski definition) is 6. The van der Waals surface area contributed by atoms with Crippen LogP contribution in [-0.2, 0) is 13.0 Å². The molecule has 0 saturated carbocycles. The minimum Gasteiger partial charge on any atom is -0.331 e. The molecule has 0 amide bonds. The average molecular weight is 439 g/mol. The van der Waals surface area contributed by atoms with Gasteiger partial charge in [0.25, 0.3) is 0 Å². The molecule has 1 aromatic carbocycles. The molecule has 3 aliphatic rings. The Morgan fingerprint density at radius 3 is 3.03 bits per heavy atom. The summed E-state index contributed by atoms with van der Waals surface area (Å²) in [4.78, 5) is 3.84. The fourth-order valence-electron chi connectivity index (χ4n) is 4.84. The fourth-order valence-corrected chi connectivity index (χ4v) is 6.44. The molecule has 1 saturated heterocycles. The van der Waals surface area contributed by atoms with Crippen LogP contribution in [0, 0.1) is 0 Å². The molecule has 8 heteroatoms. The first-order valence-corrected chi connectivity index (χ1v) is 11.5. The highest BCUT2D eigenvalue weighted by molar-refractivity contribution is 7.17. The van der Waals surface area contributed by atoms with Crippen LogP contribution in [0.2, 0.25) is 5.02 Å². The number of benzene rings is 1. The highest BCUT2D eigenvalue weighted by Crippen LogP contribution is 2.48. The van der Waals surface area contributed by atoms with Gasteiger partial charge in [-0.1, -0.05) is 35.9 Å². The third-order valence-electron chi connectivity index (χ3n) is 6.20. The summed E-state index contributed by atoms with van der Waals surface area (Å²) in [7, 11) is 0. The van der Waals surface area contributed by atoms with E-state index in [0.717, 1.165) is 36.6 Å². The van der Waals surface area contributed by atoms with Gasteiger partial charge < -0.3 is 4.90 Å². The Hall–Kier alpha value is -2.16. The lowest BCUT2D eigenvalue weighted by Gasteiger charge is -2.30. The molecule has 3 aromatic rings. The number of hydrogen-bond donors (Lipinski definition) is 3. The number of nitrogens with one attached hydrogen (secondary N) is 3. The van der Waals surface area contributed by atoms with E-state index in [2.05, 4.69) is 50.5 Å². The predicted octanol–water partition coefficient (Wildman–Crippen LogP) is 3.52.